The van der Waals surface area contributed by atoms with Gasteiger partial charge in [0.05, 0.1) is 0 Å². The van der Waals surface area contributed by atoms with E-state index in [0.29, 0.717) is 11.3 Å². The summed E-state index contributed by atoms with van der Waals surface area (Å²) in [6, 6.07) is 7.03. The van der Waals surface area contributed by atoms with E-state index in [1.807, 2.05) is 12.1 Å². The minimum Gasteiger partial charge on any atom is -0.327 e. The summed E-state index contributed by atoms with van der Waals surface area (Å²) < 4.78 is 13.0. The lowest BCUT2D eigenvalue weighted by molar-refractivity contribution is 0.0750. The van der Waals surface area contributed by atoms with Crippen LogP contribution in [0.15, 0.2) is 24.3 Å². The molecule has 0 radical (unpaired) electrons. The van der Waals surface area contributed by atoms with Crippen LogP contribution in [-0.4, -0.2) is 6.04 Å². The Kier molecular flexibility index (Phi) is 3.53. The quantitative estimate of drug-likeness (QED) is 0.843. The summed E-state index contributed by atoms with van der Waals surface area (Å²) in [7, 11) is 0. The van der Waals surface area contributed by atoms with Crippen LogP contribution < -0.4 is 5.73 Å². The van der Waals surface area contributed by atoms with Crippen molar-refractivity contribution in [3.05, 3.63) is 35.6 Å². The Morgan fingerprint density at radius 2 is 1.88 bits per heavy atom. The average molecular weight is 235 g/mol. The molecule has 0 aromatic heterocycles. The summed E-state index contributed by atoms with van der Waals surface area (Å²) >= 11 is 0. The highest BCUT2D eigenvalue weighted by atomic mass is 19.1. The van der Waals surface area contributed by atoms with Gasteiger partial charge in [-0.25, -0.2) is 4.39 Å². The van der Waals surface area contributed by atoms with Crippen LogP contribution >= 0.6 is 0 Å². The van der Waals surface area contributed by atoms with Crippen LogP contribution in [-0.2, 0) is 0 Å². The van der Waals surface area contributed by atoms with Gasteiger partial charge in [-0.15, -0.1) is 0 Å². The minimum absolute atomic E-state index is 0.126. The molecule has 0 saturated heterocycles. The Hall–Kier alpha value is -0.890. The third kappa shape index (κ3) is 2.23. The highest BCUT2D eigenvalue weighted by molar-refractivity contribution is 5.25. The third-order valence-corrected chi connectivity index (χ3v) is 4.47. The molecule has 1 aliphatic rings. The van der Waals surface area contributed by atoms with Gasteiger partial charge in [-0.2, -0.15) is 0 Å². The summed E-state index contributed by atoms with van der Waals surface area (Å²) in [6.07, 6.45) is 4.98. The van der Waals surface area contributed by atoms with Crippen LogP contribution in [0.4, 0.5) is 4.39 Å². The summed E-state index contributed by atoms with van der Waals surface area (Å²) in [6.45, 7) is 4.32. The fourth-order valence-electron chi connectivity index (χ4n) is 3.40. The molecule has 2 N–H and O–H groups in total. The van der Waals surface area contributed by atoms with Crippen LogP contribution in [0.25, 0.3) is 0 Å². The standard InChI is InChI=1S/C15H22FN/c1-3-15(9-4-10-15)14(11(2)17)12-5-7-13(16)8-6-12/h5-8,11,14H,3-4,9-10,17H2,1-2H3/t11-,14+/m1/s1. The number of rotatable bonds is 4. The van der Waals surface area contributed by atoms with Gasteiger partial charge in [-0.1, -0.05) is 25.5 Å². The second-order valence-electron chi connectivity index (χ2n) is 5.46. The maximum absolute atomic E-state index is 13.0. The van der Waals surface area contributed by atoms with Gasteiger partial charge >= 0.3 is 0 Å². The Bertz CT molecular complexity index is 360. The van der Waals surface area contributed by atoms with Crippen LogP contribution in [0.5, 0.6) is 0 Å². The van der Waals surface area contributed by atoms with Crippen LogP contribution in [0.1, 0.15) is 51.0 Å². The zero-order valence-electron chi connectivity index (χ0n) is 10.7. The SMILES string of the molecule is CCC1([C@H](c2ccc(F)cc2)[C@@H](C)N)CCC1. The smallest absolute Gasteiger partial charge is 0.123 e. The van der Waals surface area contributed by atoms with Crippen molar-refractivity contribution < 1.29 is 4.39 Å². The summed E-state index contributed by atoms with van der Waals surface area (Å²) in [4.78, 5) is 0. The number of nitrogens with two attached hydrogens (primary N) is 1. The predicted molar refractivity (Wildman–Crippen MR) is 69.4 cm³/mol. The minimum atomic E-state index is -0.170. The first-order chi connectivity index (χ1) is 8.09. The van der Waals surface area contributed by atoms with Crippen molar-refractivity contribution in [3.63, 3.8) is 0 Å². The Labute approximate surface area is 103 Å². The van der Waals surface area contributed by atoms with E-state index < -0.39 is 0 Å². The molecule has 0 aliphatic heterocycles. The molecule has 17 heavy (non-hydrogen) atoms. The molecule has 0 spiro atoms. The van der Waals surface area contributed by atoms with Gasteiger partial charge in [-0.05, 0) is 49.3 Å². The van der Waals surface area contributed by atoms with Gasteiger partial charge in [0.15, 0.2) is 0 Å². The third-order valence-electron chi connectivity index (χ3n) is 4.47. The van der Waals surface area contributed by atoms with E-state index in [1.165, 1.54) is 24.8 Å². The zero-order valence-corrected chi connectivity index (χ0v) is 10.7. The van der Waals surface area contributed by atoms with Gasteiger partial charge in [0.1, 0.15) is 5.82 Å². The molecule has 2 rings (SSSR count). The van der Waals surface area contributed by atoms with Crippen molar-refractivity contribution in [1.82, 2.24) is 0 Å². The molecule has 0 amide bonds. The fourth-order valence-corrected chi connectivity index (χ4v) is 3.40. The van der Waals surface area contributed by atoms with Crippen LogP contribution in [0.2, 0.25) is 0 Å². The van der Waals surface area contributed by atoms with Crippen molar-refractivity contribution in [2.24, 2.45) is 11.1 Å². The fraction of sp³-hybridized carbons (Fsp3) is 0.600. The van der Waals surface area contributed by atoms with E-state index >= 15 is 0 Å². The van der Waals surface area contributed by atoms with Gasteiger partial charge in [0.2, 0.25) is 0 Å². The van der Waals surface area contributed by atoms with Gasteiger partial charge in [-0.3, -0.25) is 0 Å². The van der Waals surface area contributed by atoms with Crippen molar-refractivity contribution in [3.8, 4) is 0 Å². The van der Waals surface area contributed by atoms with Crippen molar-refractivity contribution in [1.29, 1.82) is 0 Å². The predicted octanol–water partition coefficient (Wildman–Crippen LogP) is 3.84. The van der Waals surface area contributed by atoms with E-state index in [1.54, 1.807) is 12.1 Å². The second-order valence-corrected chi connectivity index (χ2v) is 5.46. The van der Waals surface area contributed by atoms with Gasteiger partial charge in [0.25, 0.3) is 0 Å². The Morgan fingerprint density at radius 3 is 2.24 bits per heavy atom. The van der Waals surface area contributed by atoms with Gasteiger partial charge in [0, 0.05) is 12.0 Å². The van der Waals surface area contributed by atoms with E-state index in [-0.39, 0.29) is 11.9 Å². The lowest BCUT2D eigenvalue weighted by Crippen LogP contribution is -2.43. The number of halogens is 1. The number of hydrogen-bond donors (Lipinski definition) is 1. The van der Waals surface area contributed by atoms with Crippen molar-refractivity contribution >= 4 is 0 Å². The molecule has 2 atom stereocenters. The van der Waals surface area contributed by atoms with E-state index in [2.05, 4.69) is 13.8 Å². The first-order valence-corrected chi connectivity index (χ1v) is 6.60. The molecule has 1 aromatic rings. The highest BCUT2D eigenvalue weighted by Gasteiger charge is 2.44. The van der Waals surface area contributed by atoms with E-state index in [4.69, 9.17) is 5.73 Å². The van der Waals surface area contributed by atoms with Crippen molar-refractivity contribution in [2.75, 3.05) is 0 Å². The molecular formula is C15H22FN. The van der Waals surface area contributed by atoms with E-state index in [9.17, 15) is 4.39 Å². The topological polar surface area (TPSA) is 26.0 Å². The lowest BCUT2D eigenvalue weighted by atomic mass is 9.56. The molecule has 1 saturated carbocycles. The first kappa shape index (κ1) is 12.6. The molecule has 94 valence electrons. The summed E-state index contributed by atoms with van der Waals surface area (Å²) in [5, 5.41) is 0. The molecular weight excluding hydrogens is 213 g/mol. The van der Waals surface area contributed by atoms with Crippen molar-refractivity contribution in [2.45, 2.75) is 51.5 Å². The van der Waals surface area contributed by atoms with E-state index in [0.717, 1.165) is 6.42 Å². The monoisotopic (exact) mass is 235 g/mol. The Balaban J connectivity index is 2.32. The summed E-state index contributed by atoms with van der Waals surface area (Å²) in [5.41, 5.74) is 7.73. The van der Waals surface area contributed by atoms with Gasteiger partial charge < -0.3 is 5.73 Å². The molecule has 1 aromatic carbocycles. The molecule has 2 heteroatoms. The molecule has 1 aliphatic carbocycles. The lowest BCUT2D eigenvalue weighted by Gasteiger charge is -2.49. The largest absolute Gasteiger partial charge is 0.327 e. The maximum Gasteiger partial charge on any atom is 0.123 e. The first-order valence-electron chi connectivity index (χ1n) is 6.60. The molecule has 0 unspecified atom stereocenters. The zero-order chi connectivity index (χ0) is 12.5. The molecule has 1 fully saturated rings. The number of hydrogen-bond acceptors (Lipinski definition) is 1. The molecule has 0 bridgehead atoms. The normalized spacial score (nSPS) is 21.6. The second kappa shape index (κ2) is 4.77. The Morgan fingerprint density at radius 1 is 1.29 bits per heavy atom. The molecule has 0 heterocycles. The van der Waals surface area contributed by atoms with Crippen LogP contribution in [0, 0.1) is 11.2 Å². The molecule has 1 nitrogen and oxygen atoms in total. The average Bonchev–Trinajstić information content (AvgIpc) is 2.24. The maximum atomic E-state index is 13.0. The summed E-state index contributed by atoms with van der Waals surface area (Å²) in [5.74, 6) is 0.193. The number of benzene rings is 1. The van der Waals surface area contributed by atoms with Crippen LogP contribution in [0.3, 0.4) is 0 Å². The highest BCUT2D eigenvalue weighted by Crippen LogP contribution is 2.54.